The number of sulfonamides is 2. The highest BCUT2D eigenvalue weighted by Crippen LogP contribution is 2.31. The van der Waals surface area contributed by atoms with Crippen molar-refractivity contribution in [2.24, 2.45) is 0 Å². The van der Waals surface area contributed by atoms with E-state index >= 15 is 0 Å². The molecule has 13 heteroatoms. The molecule has 2 N–H and O–H groups in total. The van der Waals surface area contributed by atoms with Gasteiger partial charge in [0.2, 0.25) is 20.0 Å². The number of nitrogens with zero attached hydrogens (tertiary/aromatic N) is 4. The molecule has 0 radical (unpaired) electrons. The maximum absolute atomic E-state index is 11.5. The van der Waals surface area contributed by atoms with Gasteiger partial charge in [-0.2, -0.15) is 10.5 Å². The quantitative estimate of drug-likeness (QED) is 0.218. The van der Waals surface area contributed by atoms with Crippen LogP contribution in [-0.4, -0.2) is 40.4 Å². The molecule has 194 valence electrons. The van der Waals surface area contributed by atoms with Crippen LogP contribution in [0.15, 0.2) is 70.7 Å². The molecule has 2 atom stereocenters. The Bertz CT molecular complexity index is 1720. The summed E-state index contributed by atoms with van der Waals surface area (Å²) < 4.78 is 56.1. The summed E-state index contributed by atoms with van der Waals surface area (Å²) in [5, 5.41) is 19.3. The summed E-state index contributed by atoms with van der Waals surface area (Å²) in [5.41, 5.74) is 2.29. The Labute approximate surface area is 220 Å². The number of hydrogen-bond donors (Lipinski definition) is 2. The lowest BCUT2D eigenvalue weighted by atomic mass is 9.85. The molecule has 0 saturated carbocycles. The SMILES string of the molecule is [C-]#[N+]C(C#N)C(C(C#N)=CC=CCc1nc2cc(NS(C)(=O)=O)ccc2o1)c1ccc(NS(C)(=O)=O)cc1. The molecule has 11 nitrogen and oxygen atoms in total. The Kier molecular flexibility index (Phi) is 8.53. The minimum atomic E-state index is -3.48. The number of aromatic nitrogens is 1. The molecule has 3 rings (SSSR count). The molecule has 0 saturated heterocycles. The first-order valence-corrected chi connectivity index (χ1v) is 14.7. The van der Waals surface area contributed by atoms with Crippen molar-refractivity contribution in [3.05, 3.63) is 89.1 Å². The van der Waals surface area contributed by atoms with E-state index in [4.69, 9.17) is 11.0 Å². The van der Waals surface area contributed by atoms with Crippen LogP contribution in [0.25, 0.3) is 15.9 Å². The molecule has 2 aromatic carbocycles. The van der Waals surface area contributed by atoms with E-state index in [9.17, 15) is 27.4 Å². The molecule has 0 aliphatic rings. The largest absolute Gasteiger partial charge is 0.440 e. The monoisotopic (exact) mass is 550 g/mol. The van der Waals surface area contributed by atoms with Gasteiger partial charge in [-0.1, -0.05) is 24.3 Å². The van der Waals surface area contributed by atoms with E-state index in [-0.39, 0.29) is 12.0 Å². The number of oxazole rings is 1. The lowest BCUT2D eigenvalue weighted by Crippen LogP contribution is -2.16. The lowest BCUT2D eigenvalue weighted by Gasteiger charge is -2.15. The first-order chi connectivity index (χ1) is 17.9. The third-order valence-electron chi connectivity index (χ3n) is 5.06. The minimum Gasteiger partial charge on any atom is -0.440 e. The molecule has 3 aromatic rings. The van der Waals surface area contributed by atoms with E-state index in [0.717, 1.165) is 12.5 Å². The molecule has 38 heavy (non-hydrogen) atoms. The molecule has 2 unspecified atom stereocenters. The summed E-state index contributed by atoms with van der Waals surface area (Å²) in [7, 11) is -6.91. The zero-order chi connectivity index (χ0) is 27.9. The van der Waals surface area contributed by atoms with Gasteiger partial charge in [0, 0.05) is 17.7 Å². The number of nitrogens with one attached hydrogen (secondary N) is 2. The fourth-order valence-corrected chi connectivity index (χ4v) is 4.69. The molecule has 0 spiro atoms. The zero-order valence-electron chi connectivity index (χ0n) is 20.3. The topological polar surface area (TPSA) is 170 Å². The second kappa shape index (κ2) is 11.6. The van der Waals surface area contributed by atoms with E-state index < -0.39 is 32.0 Å². The van der Waals surface area contributed by atoms with Crippen LogP contribution in [0.4, 0.5) is 11.4 Å². The molecular weight excluding hydrogens is 528 g/mol. The Balaban J connectivity index is 1.82. The van der Waals surface area contributed by atoms with Gasteiger partial charge in [-0.3, -0.25) is 14.3 Å². The molecule has 0 aliphatic carbocycles. The molecule has 0 amide bonds. The summed E-state index contributed by atoms with van der Waals surface area (Å²) in [6.07, 6.45) is 7.11. The summed E-state index contributed by atoms with van der Waals surface area (Å²) in [6.45, 7) is 7.41. The van der Waals surface area contributed by atoms with Crippen LogP contribution in [0.2, 0.25) is 0 Å². The van der Waals surface area contributed by atoms with Crippen LogP contribution in [0.1, 0.15) is 17.4 Å². The average Bonchev–Trinajstić information content (AvgIpc) is 3.24. The van der Waals surface area contributed by atoms with Gasteiger partial charge in [-0.05, 0) is 42.0 Å². The second-order valence-corrected chi connectivity index (χ2v) is 11.7. The summed E-state index contributed by atoms with van der Waals surface area (Å²) >= 11 is 0. The molecule has 0 fully saturated rings. The van der Waals surface area contributed by atoms with Gasteiger partial charge in [0.1, 0.15) is 11.4 Å². The standard InChI is InChI=1S/C25H22N6O5S2/c1-28-22(16-27)25(17-8-10-19(11-9-17)30-37(2,32)33)18(15-26)6-4-5-7-24-29-21-14-20(31-38(3,34)35)12-13-23(21)36-24/h4-6,8-14,22,25,30-31H,7H2,2-3H3. The number of allylic oxidation sites excluding steroid dienone is 3. The molecule has 0 aliphatic heterocycles. The van der Waals surface area contributed by atoms with Crippen LogP contribution in [0, 0.1) is 29.2 Å². The highest BCUT2D eigenvalue weighted by atomic mass is 32.2. The van der Waals surface area contributed by atoms with Crippen molar-refractivity contribution in [3.8, 4) is 12.1 Å². The van der Waals surface area contributed by atoms with Gasteiger partial charge >= 0.3 is 6.04 Å². The van der Waals surface area contributed by atoms with Crippen LogP contribution in [0.5, 0.6) is 0 Å². The van der Waals surface area contributed by atoms with E-state index in [1.807, 2.05) is 6.07 Å². The summed E-state index contributed by atoms with van der Waals surface area (Å²) in [5.74, 6) is -0.495. The first kappa shape index (κ1) is 27.9. The van der Waals surface area contributed by atoms with E-state index in [0.29, 0.717) is 33.9 Å². The summed E-state index contributed by atoms with van der Waals surface area (Å²) in [4.78, 5) is 7.70. The van der Waals surface area contributed by atoms with Crippen molar-refractivity contribution in [2.75, 3.05) is 22.0 Å². The molecule has 1 aromatic heterocycles. The van der Waals surface area contributed by atoms with Crippen LogP contribution < -0.4 is 9.44 Å². The van der Waals surface area contributed by atoms with Crippen molar-refractivity contribution >= 4 is 42.5 Å². The smallest absolute Gasteiger partial charge is 0.318 e. The Hall–Kier alpha value is -4.64. The second-order valence-electron chi connectivity index (χ2n) is 8.21. The minimum absolute atomic E-state index is 0.168. The van der Waals surface area contributed by atoms with Crippen LogP contribution in [0.3, 0.4) is 0 Å². The normalized spacial score (nSPS) is 13.8. The Morgan fingerprint density at radius 2 is 1.71 bits per heavy atom. The van der Waals surface area contributed by atoms with Crippen LogP contribution in [-0.2, 0) is 26.5 Å². The number of fused-ring (bicyclic) bond motifs is 1. The lowest BCUT2D eigenvalue weighted by molar-refractivity contribution is 0.547. The number of nitriles is 2. The number of rotatable bonds is 10. The van der Waals surface area contributed by atoms with Crippen molar-refractivity contribution in [3.63, 3.8) is 0 Å². The zero-order valence-corrected chi connectivity index (χ0v) is 21.9. The van der Waals surface area contributed by atoms with E-state index in [1.54, 1.807) is 42.5 Å². The van der Waals surface area contributed by atoms with Gasteiger partial charge in [-0.15, -0.1) is 0 Å². The van der Waals surface area contributed by atoms with E-state index in [1.165, 1.54) is 18.2 Å². The summed E-state index contributed by atoms with van der Waals surface area (Å²) in [6, 6.07) is 13.6. The van der Waals surface area contributed by atoms with E-state index in [2.05, 4.69) is 25.3 Å². The predicted molar refractivity (Wildman–Crippen MR) is 143 cm³/mol. The van der Waals surface area contributed by atoms with Gasteiger partial charge in [-0.25, -0.2) is 28.4 Å². The molecule has 1 heterocycles. The van der Waals surface area contributed by atoms with Gasteiger partial charge in [0.25, 0.3) is 0 Å². The van der Waals surface area contributed by atoms with Crippen molar-refractivity contribution < 1.29 is 21.3 Å². The third kappa shape index (κ3) is 7.68. The van der Waals surface area contributed by atoms with Gasteiger partial charge < -0.3 is 4.42 Å². The highest BCUT2D eigenvalue weighted by molar-refractivity contribution is 7.92. The first-order valence-electron chi connectivity index (χ1n) is 10.9. The number of hydrogen-bond acceptors (Lipinski definition) is 8. The molecule has 0 bridgehead atoms. The van der Waals surface area contributed by atoms with Gasteiger partial charge in [0.15, 0.2) is 17.5 Å². The Morgan fingerprint density at radius 3 is 2.29 bits per heavy atom. The van der Waals surface area contributed by atoms with Crippen LogP contribution >= 0.6 is 0 Å². The van der Waals surface area contributed by atoms with Crippen molar-refractivity contribution in [1.82, 2.24) is 4.98 Å². The Morgan fingerprint density at radius 1 is 1.08 bits per heavy atom. The maximum atomic E-state index is 11.5. The predicted octanol–water partition coefficient (Wildman–Crippen LogP) is 3.71. The van der Waals surface area contributed by atoms with Crippen molar-refractivity contribution in [1.29, 1.82) is 10.5 Å². The maximum Gasteiger partial charge on any atom is 0.318 e. The molecular formula is C25H22N6O5S2. The fraction of sp³-hybridized carbons (Fsp3) is 0.200. The number of benzene rings is 2. The number of anilines is 2. The fourth-order valence-electron chi connectivity index (χ4n) is 3.57. The average molecular weight is 551 g/mol. The highest BCUT2D eigenvalue weighted by Gasteiger charge is 2.31. The third-order valence-corrected chi connectivity index (χ3v) is 6.28. The van der Waals surface area contributed by atoms with Crippen molar-refractivity contribution in [2.45, 2.75) is 18.4 Å². The van der Waals surface area contributed by atoms with Gasteiger partial charge in [0.05, 0.1) is 24.3 Å².